The number of nitrogens with zero attached hydrogens (tertiary/aromatic N) is 1. The fraction of sp³-hybridized carbons (Fsp3) is 0.438. The molecule has 130 valence electrons. The van der Waals surface area contributed by atoms with Crippen LogP contribution in [0.5, 0.6) is 5.75 Å². The highest BCUT2D eigenvalue weighted by molar-refractivity contribution is 7.89. The van der Waals surface area contributed by atoms with Crippen LogP contribution in [-0.2, 0) is 10.0 Å². The van der Waals surface area contributed by atoms with E-state index in [2.05, 4.69) is 0 Å². The summed E-state index contributed by atoms with van der Waals surface area (Å²) in [6.45, 7) is 2.93. The number of primary sulfonamides is 1. The predicted molar refractivity (Wildman–Crippen MR) is 94.9 cm³/mol. The van der Waals surface area contributed by atoms with Crippen LogP contribution < -0.4 is 9.88 Å². The first-order chi connectivity index (χ1) is 11.3. The van der Waals surface area contributed by atoms with Gasteiger partial charge in [0.05, 0.1) is 17.7 Å². The minimum atomic E-state index is -3.53. The number of carbonyl (C=O) groups is 1. The van der Waals surface area contributed by atoms with E-state index in [-0.39, 0.29) is 23.5 Å². The van der Waals surface area contributed by atoms with Crippen LogP contribution in [-0.4, -0.2) is 45.2 Å². The second-order valence-electron chi connectivity index (χ2n) is 6.29. The van der Waals surface area contributed by atoms with Crippen molar-refractivity contribution in [2.45, 2.75) is 6.92 Å². The van der Waals surface area contributed by atoms with E-state index < -0.39 is 10.0 Å². The summed E-state index contributed by atoms with van der Waals surface area (Å²) >= 11 is 1.42. The van der Waals surface area contributed by atoms with Crippen molar-refractivity contribution in [2.24, 2.45) is 17.0 Å². The number of amides is 1. The normalized spacial score (nSPS) is 21.4. The molecule has 2 N–H and O–H groups in total. The number of benzene rings is 1. The first-order valence-corrected chi connectivity index (χ1v) is 10.2. The van der Waals surface area contributed by atoms with Gasteiger partial charge in [-0.15, -0.1) is 11.3 Å². The molecule has 1 aliphatic rings. The number of likely N-dealkylation sites (tertiary alicyclic amines) is 1. The topological polar surface area (TPSA) is 89.7 Å². The molecule has 0 aliphatic carbocycles. The highest BCUT2D eigenvalue weighted by Gasteiger charge is 2.35. The number of ether oxygens (including phenoxy) is 1. The summed E-state index contributed by atoms with van der Waals surface area (Å²) in [7, 11) is -1.92. The van der Waals surface area contributed by atoms with Crippen LogP contribution in [0.4, 0.5) is 0 Å². The van der Waals surface area contributed by atoms with Crippen molar-refractivity contribution in [1.29, 1.82) is 0 Å². The van der Waals surface area contributed by atoms with Gasteiger partial charge in [0.15, 0.2) is 0 Å². The maximum atomic E-state index is 12.8. The van der Waals surface area contributed by atoms with Gasteiger partial charge in [0, 0.05) is 17.8 Å². The summed E-state index contributed by atoms with van der Waals surface area (Å²) < 4.78 is 28.8. The first kappa shape index (κ1) is 17.2. The van der Waals surface area contributed by atoms with Crippen LogP contribution in [0, 0.1) is 11.8 Å². The van der Waals surface area contributed by atoms with Crippen LogP contribution in [0.25, 0.3) is 10.1 Å². The molecule has 1 aliphatic heterocycles. The van der Waals surface area contributed by atoms with Crippen molar-refractivity contribution in [3.63, 3.8) is 0 Å². The number of rotatable bonds is 4. The maximum absolute atomic E-state index is 12.8. The Labute approximate surface area is 145 Å². The zero-order valence-electron chi connectivity index (χ0n) is 13.6. The number of hydrogen-bond acceptors (Lipinski definition) is 5. The van der Waals surface area contributed by atoms with Crippen molar-refractivity contribution < 1.29 is 17.9 Å². The van der Waals surface area contributed by atoms with E-state index in [1.54, 1.807) is 12.0 Å². The molecular formula is C16H20N2O4S2. The molecule has 6 nitrogen and oxygen atoms in total. The summed E-state index contributed by atoms with van der Waals surface area (Å²) in [6, 6.07) is 7.58. The van der Waals surface area contributed by atoms with Crippen molar-refractivity contribution in [3.05, 3.63) is 29.1 Å². The Bertz CT molecular complexity index is 875. The fourth-order valence-electron chi connectivity index (χ4n) is 3.12. The molecule has 0 saturated carbocycles. The van der Waals surface area contributed by atoms with Gasteiger partial charge in [-0.25, -0.2) is 13.6 Å². The highest BCUT2D eigenvalue weighted by atomic mass is 32.2. The summed E-state index contributed by atoms with van der Waals surface area (Å²) in [5, 5.41) is 6.15. The van der Waals surface area contributed by atoms with Crippen LogP contribution in [0.1, 0.15) is 16.6 Å². The second kappa shape index (κ2) is 6.34. The van der Waals surface area contributed by atoms with Crippen molar-refractivity contribution in [2.75, 3.05) is 26.0 Å². The standard InChI is InChI=1S/C16H20N2O4S2/c1-10-7-18(8-12(10)9-24(17,20)21)16(19)15-5-11-3-4-13(22-2)6-14(11)23-15/h3-6,10,12H,7-9H2,1-2H3,(H2,17,20,21)/t10-,12+/m1/s1. The maximum Gasteiger partial charge on any atom is 0.263 e. The molecule has 1 fully saturated rings. The summed E-state index contributed by atoms with van der Waals surface area (Å²) in [5.41, 5.74) is 0. The zero-order valence-corrected chi connectivity index (χ0v) is 15.2. The lowest BCUT2D eigenvalue weighted by atomic mass is 10.0. The molecule has 1 aromatic carbocycles. The molecule has 0 unspecified atom stereocenters. The lowest BCUT2D eigenvalue weighted by molar-refractivity contribution is 0.0790. The number of hydrogen-bond donors (Lipinski definition) is 1. The quantitative estimate of drug-likeness (QED) is 0.893. The fourth-order valence-corrected chi connectivity index (χ4v) is 5.20. The SMILES string of the molecule is COc1ccc2cc(C(=O)N3C[C@@H](CS(N)(=O)=O)[C@H](C)C3)sc2c1. The number of sulfonamides is 1. The molecule has 1 aromatic heterocycles. The molecule has 2 aromatic rings. The van der Waals surface area contributed by atoms with Crippen molar-refractivity contribution >= 4 is 37.4 Å². The number of carbonyl (C=O) groups excluding carboxylic acids is 1. The molecule has 24 heavy (non-hydrogen) atoms. The van der Waals surface area contributed by atoms with E-state index in [0.717, 1.165) is 15.8 Å². The molecule has 8 heteroatoms. The number of thiophene rings is 1. The van der Waals surface area contributed by atoms with Crippen LogP contribution in [0.15, 0.2) is 24.3 Å². The van der Waals surface area contributed by atoms with Gasteiger partial charge in [-0.3, -0.25) is 4.79 Å². The molecular weight excluding hydrogens is 348 g/mol. The second-order valence-corrected chi connectivity index (χ2v) is 9.03. The molecule has 2 atom stereocenters. The summed E-state index contributed by atoms with van der Waals surface area (Å²) in [5.74, 6) is 0.618. The average molecular weight is 368 g/mol. The third-order valence-corrected chi connectivity index (χ3v) is 6.42. The van der Waals surface area contributed by atoms with E-state index >= 15 is 0 Å². The third kappa shape index (κ3) is 3.55. The average Bonchev–Trinajstić information content (AvgIpc) is 3.08. The monoisotopic (exact) mass is 368 g/mol. The molecule has 1 amide bonds. The smallest absolute Gasteiger partial charge is 0.263 e. The van der Waals surface area contributed by atoms with E-state index in [9.17, 15) is 13.2 Å². The molecule has 2 heterocycles. The van der Waals surface area contributed by atoms with Gasteiger partial charge in [-0.2, -0.15) is 0 Å². The Morgan fingerprint density at radius 3 is 2.79 bits per heavy atom. The number of methoxy groups -OCH3 is 1. The van der Waals surface area contributed by atoms with E-state index in [1.165, 1.54) is 11.3 Å². The Morgan fingerprint density at radius 2 is 2.12 bits per heavy atom. The lowest BCUT2D eigenvalue weighted by Crippen LogP contribution is -2.30. The summed E-state index contributed by atoms with van der Waals surface area (Å²) in [6.07, 6.45) is 0. The molecule has 3 rings (SSSR count). The Hall–Kier alpha value is -1.64. The highest BCUT2D eigenvalue weighted by Crippen LogP contribution is 2.32. The van der Waals surface area contributed by atoms with Crippen molar-refractivity contribution in [1.82, 2.24) is 4.90 Å². The lowest BCUT2D eigenvalue weighted by Gasteiger charge is -2.15. The Morgan fingerprint density at radius 1 is 1.38 bits per heavy atom. The molecule has 0 bridgehead atoms. The Balaban J connectivity index is 1.79. The third-order valence-electron chi connectivity index (χ3n) is 4.44. The molecule has 0 spiro atoms. The van der Waals surface area contributed by atoms with E-state index in [1.807, 2.05) is 31.2 Å². The van der Waals surface area contributed by atoms with Gasteiger partial charge in [0.1, 0.15) is 5.75 Å². The van der Waals surface area contributed by atoms with Gasteiger partial charge < -0.3 is 9.64 Å². The van der Waals surface area contributed by atoms with E-state index in [4.69, 9.17) is 9.88 Å². The minimum absolute atomic E-state index is 0.0565. The number of fused-ring (bicyclic) bond motifs is 1. The van der Waals surface area contributed by atoms with E-state index in [0.29, 0.717) is 18.0 Å². The first-order valence-electron chi connectivity index (χ1n) is 7.64. The van der Waals surface area contributed by atoms with Gasteiger partial charge in [0.25, 0.3) is 5.91 Å². The molecule has 1 saturated heterocycles. The molecule has 0 radical (unpaired) electrons. The van der Waals surface area contributed by atoms with Gasteiger partial charge in [-0.05, 0) is 41.5 Å². The summed E-state index contributed by atoms with van der Waals surface area (Å²) in [4.78, 5) is 15.1. The predicted octanol–water partition coefficient (Wildman–Crippen LogP) is 1.91. The zero-order chi connectivity index (χ0) is 17.5. The van der Waals surface area contributed by atoms with Gasteiger partial charge >= 0.3 is 0 Å². The van der Waals surface area contributed by atoms with Gasteiger partial charge in [-0.1, -0.05) is 6.92 Å². The Kier molecular flexibility index (Phi) is 4.54. The van der Waals surface area contributed by atoms with Crippen LogP contribution in [0.2, 0.25) is 0 Å². The largest absolute Gasteiger partial charge is 0.497 e. The minimum Gasteiger partial charge on any atom is -0.497 e. The van der Waals surface area contributed by atoms with Crippen molar-refractivity contribution in [3.8, 4) is 5.75 Å². The van der Waals surface area contributed by atoms with Gasteiger partial charge in [0.2, 0.25) is 10.0 Å². The number of nitrogens with two attached hydrogens (primary N) is 1. The van der Waals surface area contributed by atoms with Crippen LogP contribution >= 0.6 is 11.3 Å². The van der Waals surface area contributed by atoms with Crippen LogP contribution in [0.3, 0.4) is 0 Å².